The molecule has 3 nitrogen and oxygen atoms in total. The average molecular weight is 437 g/mol. The van der Waals surface area contributed by atoms with E-state index in [-0.39, 0.29) is 5.91 Å². The molecule has 1 amide bonds. The van der Waals surface area contributed by atoms with Gasteiger partial charge in [-0.3, -0.25) is 4.79 Å². The fourth-order valence-corrected chi connectivity index (χ4v) is 4.24. The molecule has 0 unspecified atom stereocenters. The van der Waals surface area contributed by atoms with Gasteiger partial charge in [0, 0.05) is 25.7 Å². The molecule has 168 valence electrons. The summed E-state index contributed by atoms with van der Waals surface area (Å²) in [6.07, 6.45) is 8.33. The van der Waals surface area contributed by atoms with Gasteiger partial charge in [0.25, 0.3) is 0 Å². The normalized spacial score (nSPS) is 13.8. The number of carbonyl (C=O) groups excluding carboxylic acids is 1. The summed E-state index contributed by atoms with van der Waals surface area (Å²) in [6.45, 7) is 4.50. The van der Waals surface area contributed by atoms with Crippen LogP contribution in [0.2, 0.25) is 0 Å². The number of hydrogen-bond acceptors (Lipinski definition) is 2. The number of benzene rings is 3. The highest BCUT2D eigenvalue weighted by atomic mass is 16.2. The minimum atomic E-state index is 0.0507. The van der Waals surface area contributed by atoms with Gasteiger partial charge in [-0.1, -0.05) is 97.1 Å². The first-order valence-corrected chi connectivity index (χ1v) is 11.8. The summed E-state index contributed by atoms with van der Waals surface area (Å²) >= 11 is 0. The van der Waals surface area contributed by atoms with Crippen LogP contribution in [-0.4, -0.2) is 48.4 Å². The van der Waals surface area contributed by atoms with Crippen LogP contribution in [0.1, 0.15) is 29.5 Å². The standard InChI is InChI=1S/C30H32N2O/c33-30(19-18-26-12-4-1-5-13-26)32(25-24-31-21-10-11-22-31)23-20-29(27-14-6-2-7-15-27)28-16-8-3-9-17-28/h1-9,12-20H,10-11,21-25H2. The average Bonchev–Trinajstić information content (AvgIpc) is 3.40. The van der Waals surface area contributed by atoms with E-state index < -0.39 is 0 Å². The van der Waals surface area contributed by atoms with Crippen molar-refractivity contribution in [1.29, 1.82) is 0 Å². The van der Waals surface area contributed by atoms with E-state index in [4.69, 9.17) is 0 Å². The third-order valence-electron chi connectivity index (χ3n) is 6.10. The summed E-state index contributed by atoms with van der Waals surface area (Å²) in [5, 5.41) is 0. The fraction of sp³-hybridized carbons (Fsp3) is 0.233. The van der Waals surface area contributed by atoms with Crippen molar-refractivity contribution >= 4 is 17.6 Å². The molecule has 1 aliphatic heterocycles. The number of hydrogen-bond donors (Lipinski definition) is 0. The topological polar surface area (TPSA) is 23.6 Å². The van der Waals surface area contributed by atoms with Gasteiger partial charge in [-0.05, 0) is 54.3 Å². The zero-order valence-corrected chi connectivity index (χ0v) is 19.1. The van der Waals surface area contributed by atoms with Gasteiger partial charge in [0.15, 0.2) is 0 Å². The molecule has 0 saturated carbocycles. The summed E-state index contributed by atoms with van der Waals surface area (Å²) < 4.78 is 0. The zero-order valence-electron chi connectivity index (χ0n) is 19.1. The molecular formula is C30H32N2O. The van der Waals surface area contributed by atoms with Crippen LogP contribution in [0.15, 0.2) is 103 Å². The third-order valence-corrected chi connectivity index (χ3v) is 6.10. The monoisotopic (exact) mass is 436 g/mol. The number of nitrogens with zero attached hydrogens (tertiary/aromatic N) is 2. The highest BCUT2D eigenvalue weighted by molar-refractivity contribution is 5.92. The third kappa shape index (κ3) is 6.77. The zero-order chi connectivity index (χ0) is 22.7. The Balaban J connectivity index is 1.55. The lowest BCUT2D eigenvalue weighted by atomic mass is 9.97. The van der Waals surface area contributed by atoms with Gasteiger partial charge in [-0.25, -0.2) is 0 Å². The Bertz CT molecular complexity index is 1010. The Kier molecular flexibility index (Phi) is 8.26. The van der Waals surface area contributed by atoms with Crippen LogP contribution in [0, 0.1) is 0 Å². The summed E-state index contributed by atoms with van der Waals surface area (Å²) in [5.41, 5.74) is 4.52. The van der Waals surface area contributed by atoms with Gasteiger partial charge < -0.3 is 9.80 Å². The first-order chi connectivity index (χ1) is 16.3. The second kappa shape index (κ2) is 12.0. The first-order valence-electron chi connectivity index (χ1n) is 11.8. The molecule has 0 atom stereocenters. The Morgan fingerprint density at radius 1 is 0.788 bits per heavy atom. The number of rotatable bonds is 9. The second-order valence-electron chi connectivity index (χ2n) is 8.43. The van der Waals surface area contributed by atoms with Crippen LogP contribution in [0.4, 0.5) is 0 Å². The predicted molar refractivity (Wildman–Crippen MR) is 138 cm³/mol. The van der Waals surface area contributed by atoms with Crippen molar-refractivity contribution in [3.63, 3.8) is 0 Å². The molecule has 4 rings (SSSR count). The Hall–Kier alpha value is -3.43. The second-order valence-corrected chi connectivity index (χ2v) is 8.43. The van der Waals surface area contributed by atoms with E-state index in [1.54, 1.807) is 6.08 Å². The maximum atomic E-state index is 13.2. The van der Waals surface area contributed by atoms with Crippen molar-refractivity contribution in [2.45, 2.75) is 12.8 Å². The van der Waals surface area contributed by atoms with Gasteiger partial charge in [-0.2, -0.15) is 0 Å². The van der Waals surface area contributed by atoms with E-state index in [9.17, 15) is 4.79 Å². The molecule has 0 bridgehead atoms. The maximum absolute atomic E-state index is 13.2. The maximum Gasteiger partial charge on any atom is 0.246 e. The van der Waals surface area contributed by atoms with Gasteiger partial charge in [0.1, 0.15) is 0 Å². The predicted octanol–water partition coefficient (Wildman–Crippen LogP) is 5.76. The van der Waals surface area contributed by atoms with Crippen molar-refractivity contribution in [1.82, 2.24) is 9.80 Å². The molecule has 1 heterocycles. The highest BCUT2D eigenvalue weighted by Crippen LogP contribution is 2.23. The molecule has 0 aliphatic carbocycles. The number of likely N-dealkylation sites (tertiary alicyclic amines) is 1. The van der Waals surface area contributed by atoms with Crippen molar-refractivity contribution in [2.24, 2.45) is 0 Å². The van der Waals surface area contributed by atoms with Crippen LogP contribution in [0.25, 0.3) is 11.6 Å². The lowest BCUT2D eigenvalue weighted by molar-refractivity contribution is -0.125. The molecule has 0 N–H and O–H groups in total. The minimum absolute atomic E-state index is 0.0507. The molecule has 3 heteroatoms. The molecule has 33 heavy (non-hydrogen) atoms. The lowest BCUT2D eigenvalue weighted by Gasteiger charge is -2.24. The van der Waals surface area contributed by atoms with E-state index in [0.717, 1.165) is 48.4 Å². The van der Waals surface area contributed by atoms with Crippen LogP contribution >= 0.6 is 0 Å². The van der Waals surface area contributed by atoms with Crippen molar-refractivity contribution in [3.8, 4) is 0 Å². The Morgan fingerprint density at radius 2 is 1.33 bits per heavy atom. The van der Waals surface area contributed by atoms with E-state index >= 15 is 0 Å². The largest absolute Gasteiger partial charge is 0.334 e. The fourth-order valence-electron chi connectivity index (χ4n) is 4.24. The molecule has 1 saturated heterocycles. The molecule has 0 radical (unpaired) electrons. The molecular weight excluding hydrogens is 404 g/mol. The van der Waals surface area contributed by atoms with E-state index in [0.29, 0.717) is 6.54 Å². The molecule has 1 aliphatic rings. The molecule has 3 aromatic carbocycles. The molecule has 0 aromatic heterocycles. The van der Waals surface area contributed by atoms with Gasteiger partial charge in [0.05, 0.1) is 0 Å². The van der Waals surface area contributed by atoms with Crippen molar-refractivity contribution < 1.29 is 4.79 Å². The lowest BCUT2D eigenvalue weighted by Crippen LogP contribution is -2.37. The van der Waals surface area contributed by atoms with Crippen molar-refractivity contribution in [2.75, 3.05) is 32.7 Å². The van der Waals surface area contributed by atoms with Gasteiger partial charge in [-0.15, -0.1) is 0 Å². The SMILES string of the molecule is O=C(C=Cc1ccccc1)N(CC=C(c1ccccc1)c1ccccc1)CCN1CCCC1. The molecule has 3 aromatic rings. The van der Waals surface area contributed by atoms with Crippen LogP contribution < -0.4 is 0 Å². The van der Waals surface area contributed by atoms with Gasteiger partial charge >= 0.3 is 0 Å². The quantitative estimate of drug-likeness (QED) is 0.398. The van der Waals surface area contributed by atoms with Crippen molar-refractivity contribution in [3.05, 3.63) is 120 Å². The summed E-state index contributed by atoms with van der Waals surface area (Å²) in [5.74, 6) is 0.0507. The van der Waals surface area contributed by atoms with Crippen LogP contribution in [-0.2, 0) is 4.79 Å². The minimum Gasteiger partial charge on any atom is -0.334 e. The smallest absolute Gasteiger partial charge is 0.246 e. The van der Waals surface area contributed by atoms with Crippen LogP contribution in [0.3, 0.4) is 0 Å². The van der Waals surface area contributed by atoms with E-state index in [2.05, 4.69) is 59.5 Å². The summed E-state index contributed by atoms with van der Waals surface area (Å²) in [7, 11) is 0. The highest BCUT2D eigenvalue weighted by Gasteiger charge is 2.16. The van der Waals surface area contributed by atoms with E-state index in [1.807, 2.05) is 53.4 Å². The molecule has 0 spiro atoms. The number of amides is 1. The Morgan fingerprint density at radius 3 is 1.91 bits per heavy atom. The molecule has 1 fully saturated rings. The Labute approximate surface area is 197 Å². The van der Waals surface area contributed by atoms with E-state index in [1.165, 1.54) is 12.8 Å². The number of carbonyl (C=O) groups is 1. The van der Waals surface area contributed by atoms with Gasteiger partial charge in [0.2, 0.25) is 5.91 Å². The summed E-state index contributed by atoms with van der Waals surface area (Å²) in [4.78, 5) is 17.6. The summed E-state index contributed by atoms with van der Waals surface area (Å²) in [6, 6.07) is 30.8. The first kappa shape index (κ1) is 22.8. The van der Waals surface area contributed by atoms with Crippen LogP contribution in [0.5, 0.6) is 0 Å².